The van der Waals surface area contributed by atoms with Crippen LogP contribution in [-0.2, 0) is 4.74 Å². The van der Waals surface area contributed by atoms with E-state index in [4.69, 9.17) is 14.9 Å². The van der Waals surface area contributed by atoms with Crippen LogP contribution in [0.2, 0.25) is 0 Å². The van der Waals surface area contributed by atoms with Gasteiger partial charge in [-0.25, -0.2) is 9.48 Å². The number of amides is 1. The predicted molar refractivity (Wildman–Crippen MR) is 100 cm³/mol. The Bertz CT molecular complexity index is 521. The average Bonchev–Trinajstić information content (AvgIpc) is 3.27. The zero-order valence-corrected chi connectivity index (χ0v) is 19.0. The Kier molecular flexibility index (Phi) is 14.1. The molecule has 2 heterocycles. The zero-order valence-electron chi connectivity index (χ0n) is 17.0. The number of carbonyl (C=O) groups excluding carboxylic acids is 1. The second kappa shape index (κ2) is 14.4. The third-order valence-corrected chi connectivity index (χ3v) is 4.54. The van der Waals surface area contributed by atoms with Gasteiger partial charge in [0.25, 0.3) is 6.41 Å². The average molecular weight is 390 g/mol. The monoisotopic (exact) mass is 390 g/mol. The van der Waals surface area contributed by atoms with Crippen molar-refractivity contribution in [1.82, 2.24) is 14.7 Å². The van der Waals surface area contributed by atoms with Gasteiger partial charge in [0.05, 0.1) is 6.61 Å². The summed E-state index contributed by atoms with van der Waals surface area (Å²) in [5, 5.41) is 21.7. The van der Waals surface area contributed by atoms with Crippen molar-refractivity contribution in [3.63, 3.8) is 0 Å². The van der Waals surface area contributed by atoms with Gasteiger partial charge in [0.15, 0.2) is 0 Å². The molecule has 2 rings (SSSR count). The quantitative estimate of drug-likeness (QED) is 0.392. The van der Waals surface area contributed by atoms with E-state index in [1.807, 2.05) is 11.8 Å². The van der Waals surface area contributed by atoms with Gasteiger partial charge in [-0.3, -0.25) is 0 Å². The number of aliphatic hydroxyl groups excluding tert-OH is 1. The van der Waals surface area contributed by atoms with E-state index >= 15 is 0 Å². The first kappa shape index (κ1) is 26.4. The molecule has 1 aromatic heterocycles. The van der Waals surface area contributed by atoms with Gasteiger partial charge in [-0.1, -0.05) is 19.3 Å². The summed E-state index contributed by atoms with van der Waals surface area (Å²) < 4.78 is 6.11. The molecule has 2 N–H and O–H groups in total. The van der Waals surface area contributed by atoms with Gasteiger partial charge in [-0.05, 0) is 31.7 Å². The summed E-state index contributed by atoms with van der Waals surface area (Å²) in [5.74, 6) is 0.832. The van der Waals surface area contributed by atoms with Gasteiger partial charge in [-0.2, -0.15) is 17.9 Å². The minimum atomic E-state index is -1.58. The molecular formula is C19H33N3NaO4-. The van der Waals surface area contributed by atoms with Crippen LogP contribution in [-0.4, -0.2) is 50.7 Å². The van der Waals surface area contributed by atoms with Crippen LogP contribution in [0.3, 0.4) is 0 Å². The van der Waals surface area contributed by atoms with Crippen molar-refractivity contribution in [2.24, 2.45) is 5.92 Å². The normalized spacial score (nSPS) is 16.1. The molecule has 1 atom stereocenters. The third kappa shape index (κ3) is 8.52. The van der Waals surface area contributed by atoms with Crippen LogP contribution in [0.4, 0.5) is 4.79 Å². The largest absolute Gasteiger partial charge is 1.00 e. The summed E-state index contributed by atoms with van der Waals surface area (Å²) in [7, 11) is 0. The molecule has 7 nitrogen and oxygen atoms in total. The number of rotatable bonds is 7. The summed E-state index contributed by atoms with van der Waals surface area (Å²) in [5.41, 5.74) is 0.764. The third-order valence-electron chi connectivity index (χ3n) is 4.54. The molecule has 1 saturated heterocycles. The molecule has 0 spiro atoms. The maximum Gasteiger partial charge on any atom is 1.00 e. The number of likely N-dealkylation sites (tertiary alicyclic amines) is 1. The number of aromatic nitrogens is 2. The van der Waals surface area contributed by atoms with Crippen LogP contribution in [0.5, 0.6) is 0 Å². The Morgan fingerprint density at radius 3 is 2.56 bits per heavy atom. The smallest absolute Gasteiger partial charge is 0.450 e. The van der Waals surface area contributed by atoms with Crippen molar-refractivity contribution < 1.29 is 49.3 Å². The van der Waals surface area contributed by atoms with E-state index in [9.17, 15) is 4.79 Å². The predicted octanol–water partition coefficient (Wildman–Crippen LogP) is 0.125. The summed E-state index contributed by atoms with van der Waals surface area (Å²) in [6.07, 6.45) is 4.74. The van der Waals surface area contributed by atoms with E-state index < -0.39 is 6.41 Å². The fraction of sp³-hybridized carbons (Fsp3) is 0.684. The van der Waals surface area contributed by atoms with E-state index in [2.05, 4.69) is 25.9 Å². The molecule has 150 valence electrons. The number of hydrogen-bond acceptors (Lipinski definition) is 5. The fourth-order valence-electron chi connectivity index (χ4n) is 3.14. The van der Waals surface area contributed by atoms with Crippen LogP contribution < -0.4 is 29.6 Å². The second-order valence-corrected chi connectivity index (χ2v) is 6.41. The maximum atomic E-state index is 11.3. The van der Waals surface area contributed by atoms with Gasteiger partial charge in [0.2, 0.25) is 0 Å². The minimum absolute atomic E-state index is 0. The van der Waals surface area contributed by atoms with Crippen LogP contribution in [0.15, 0.2) is 12.3 Å². The number of ether oxygens (including phenoxy) is 1. The topological polar surface area (TPSA) is 87.8 Å². The van der Waals surface area contributed by atoms with Crippen molar-refractivity contribution in [3.05, 3.63) is 31.8 Å². The molecular weight excluding hydrogens is 357 g/mol. The minimum Gasteiger partial charge on any atom is -0.450 e. The van der Waals surface area contributed by atoms with Crippen LogP contribution in [0.1, 0.15) is 64.0 Å². The summed E-state index contributed by atoms with van der Waals surface area (Å²) in [6.45, 7) is 13.8. The number of hydrogen-bond donors (Lipinski definition) is 2. The first-order chi connectivity index (χ1) is 12.5. The van der Waals surface area contributed by atoms with Gasteiger partial charge in [0.1, 0.15) is 0 Å². The van der Waals surface area contributed by atoms with Crippen molar-refractivity contribution in [2.75, 3.05) is 19.7 Å². The van der Waals surface area contributed by atoms with E-state index in [1.54, 1.807) is 6.07 Å². The molecule has 1 aromatic rings. The molecule has 0 aromatic carbocycles. The van der Waals surface area contributed by atoms with Crippen molar-refractivity contribution >= 4 is 6.09 Å². The SMILES string of the molecule is CCCC1CCN(C(=O)OCC)C1.[CH2-]CC(C[CH2-])c1ccnn1C(O)O.[Na+]. The van der Waals surface area contributed by atoms with Gasteiger partial charge in [-0.15, -0.1) is 0 Å². The molecule has 27 heavy (non-hydrogen) atoms. The van der Waals surface area contributed by atoms with Gasteiger partial charge in [0, 0.05) is 25.0 Å². The molecule has 1 aliphatic rings. The first-order valence-electron chi connectivity index (χ1n) is 9.38. The summed E-state index contributed by atoms with van der Waals surface area (Å²) >= 11 is 0. The van der Waals surface area contributed by atoms with Gasteiger partial charge < -0.3 is 33.7 Å². The molecule has 1 amide bonds. The standard InChI is InChI=1S/C10H19NO2.C9H14N2O2.Na/c1-3-5-9-6-7-11(8-9)10(12)13-4-2;1-3-7(4-2)8-5-6-10-11(8)9(12)13;/h9H,3-8H2,1-2H3;5-7,9,12-13H,1-4H2;/q;-2;+1. The fourth-order valence-corrected chi connectivity index (χ4v) is 3.14. The molecule has 1 unspecified atom stereocenters. The Morgan fingerprint density at radius 2 is 2.04 bits per heavy atom. The van der Waals surface area contributed by atoms with Crippen LogP contribution >= 0.6 is 0 Å². The van der Waals surface area contributed by atoms with E-state index in [-0.39, 0.29) is 41.6 Å². The molecule has 0 radical (unpaired) electrons. The molecule has 1 aliphatic heterocycles. The number of aliphatic hydroxyl groups is 2. The van der Waals surface area contributed by atoms with Crippen LogP contribution in [0.25, 0.3) is 0 Å². The van der Waals surface area contributed by atoms with E-state index in [0.717, 1.165) is 25.2 Å². The second-order valence-electron chi connectivity index (χ2n) is 6.41. The first-order valence-corrected chi connectivity index (χ1v) is 9.38. The molecule has 8 heteroatoms. The molecule has 0 aliphatic carbocycles. The summed E-state index contributed by atoms with van der Waals surface area (Å²) in [4.78, 5) is 13.1. The van der Waals surface area contributed by atoms with Gasteiger partial charge >= 0.3 is 35.7 Å². The Morgan fingerprint density at radius 1 is 1.37 bits per heavy atom. The van der Waals surface area contributed by atoms with Crippen molar-refractivity contribution in [2.45, 2.75) is 58.3 Å². The Balaban J connectivity index is 0.000000483. The molecule has 0 bridgehead atoms. The molecule has 1 fully saturated rings. The van der Waals surface area contributed by atoms with Crippen molar-refractivity contribution in [3.8, 4) is 0 Å². The Labute approximate surface area is 185 Å². The van der Waals surface area contributed by atoms with Crippen LogP contribution in [0, 0.1) is 19.8 Å². The molecule has 0 saturated carbocycles. The zero-order chi connectivity index (χ0) is 19.5. The van der Waals surface area contributed by atoms with Crippen molar-refractivity contribution in [1.29, 1.82) is 0 Å². The van der Waals surface area contributed by atoms with E-state index in [1.165, 1.54) is 23.7 Å². The number of carbonyl (C=O) groups is 1. The van der Waals surface area contributed by atoms with E-state index in [0.29, 0.717) is 25.4 Å². The maximum absolute atomic E-state index is 11.3. The number of nitrogens with zero attached hydrogens (tertiary/aromatic N) is 3. The Hall–Kier alpha value is -0.600. The summed E-state index contributed by atoms with van der Waals surface area (Å²) in [6, 6.07) is 1.75.